The molecule has 0 aromatic carbocycles. The van der Waals surface area contributed by atoms with Gasteiger partial charge in [0, 0.05) is 11.9 Å². The summed E-state index contributed by atoms with van der Waals surface area (Å²) in [6.07, 6.45) is 1.82. The van der Waals surface area contributed by atoms with Gasteiger partial charge in [-0.1, -0.05) is 13.8 Å². The van der Waals surface area contributed by atoms with E-state index in [1.807, 2.05) is 6.20 Å². The highest BCUT2D eigenvalue weighted by Gasteiger charge is 2.14. The Labute approximate surface area is 104 Å². The fourth-order valence-corrected chi connectivity index (χ4v) is 2.70. The van der Waals surface area contributed by atoms with Crippen molar-refractivity contribution in [2.24, 2.45) is 0 Å². The third-order valence-electron chi connectivity index (χ3n) is 2.89. The summed E-state index contributed by atoms with van der Waals surface area (Å²) in [7, 11) is 0. The molecule has 3 aromatic rings. The Hall–Kier alpha value is -1.68. The van der Waals surface area contributed by atoms with E-state index in [1.54, 1.807) is 11.3 Å². The number of thiophene rings is 1. The molecule has 0 aliphatic rings. The fraction of sp³-hybridized carbons (Fsp3) is 0.231. The van der Waals surface area contributed by atoms with Gasteiger partial charge >= 0.3 is 0 Å². The van der Waals surface area contributed by atoms with Crippen molar-refractivity contribution in [1.82, 2.24) is 15.2 Å². The fourth-order valence-electron chi connectivity index (χ4n) is 2.05. The molecule has 0 aliphatic carbocycles. The van der Waals surface area contributed by atoms with Crippen LogP contribution in [0.5, 0.6) is 0 Å². The average molecular weight is 243 g/mol. The molecule has 3 rings (SSSR count). The summed E-state index contributed by atoms with van der Waals surface area (Å²) in [5.41, 5.74) is 4.42. The maximum atomic E-state index is 4.32. The minimum atomic E-state index is 0.418. The highest BCUT2D eigenvalue weighted by atomic mass is 32.1. The molecular formula is C13H13N3S. The third-order valence-corrected chi connectivity index (χ3v) is 3.58. The standard InChI is InChI=1S/C13H13N3S/c1-8(2)12-11-10(9-4-6-17-7-9)3-5-14-13(11)16-15-12/h3-8H,1-2H3,(H,14,15,16). The number of fused-ring (bicyclic) bond motifs is 1. The second-order valence-corrected chi connectivity index (χ2v) is 5.14. The van der Waals surface area contributed by atoms with Crippen LogP contribution in [0.3, 0.4) is 0 Å². The Morgan fingerprint density at radius 1 is 1.29 bits per heavy atom. The van der Waals surface area contributed by atoms with Gasteiger partial charge in [0.2, 0.25) is 0 Å². The molecule has 0 saturated heterocycles. The van der Waals surface area contributed by atoms with E-state index in [2.05, 4.69) is 51.9 Å². The number of pyridine rings is 1. The Bertz CT molecular complexity index is 638. The number of nitrogens with one attached hydrogen (secondary N) is 1. The Balaban J connectivity index is 2.34. The summed E-state index contributed by atoms with van der Waals surface area (Å²) in [4.78, 5) is 4.32. The minimum Gasteiger partial charge on any atom is -0.279 e. The lowest BCUT2D eigenvalue weighted by molar-refractivity contribution is 0.817. The SMILES string of the molecule is CC(C)c1[nH]nc2nccc(-c3ccsc3)c12. The van der Waals surface area contributed by atoms with E-state index in [4.69, 9.17) is 0 Å². The largest absolute Gasteiger partial charge is 0.279 e. The van der Waals surface area contributed by atoms with Gasteiger partial charge < -0.3 is 0 Å². The van der Waals surface area contributed by atoms with Gasteiger partial charge in [-0.15, -0.1) is 0 Å². The molecule has 1 N–H and O–H groups in total. The lowest BCUT2D eigenvalue weighted by Crippen LogP contribution is -1.89. The van der Waals surface area contributed by atoms with Gasteiger partial charge in [-0.25, -0.2) is 4.98 Å². The first-order chi connectivity index (χ1) is 8.27. The van der Waals surface area contributed by atoms with Crippen molar-refractivity contribution in [3.63, 3.8) is 0 Å². The molecule has 0 atom stereocenters. The third kappa shape index (κ3) is 1.65. The molecule has 4 heteroatoms. The van der Waals surface area contributed by atoms with Crippen LogP contribution in [-0.2, 0) is 0 Å². The van der Waals surface area contributed by atoms with E-state index in [9.17, 15) is 0 Å². The smallest absolute Gasteiger partial charge is 0.181 e. The van der Waals surface area contributed by atoms with Crippen molar-refractivity contribution in [1.29, 1.82) is 0 Å². The van der Waals surface area contributed by atoms with Gasteiger partial charge in [-0.3, -0.25) is 5.10 Å². The molecule has 0 saturated carbocycles. The van der Waals surface area contributed by atoms with E-state index in [-0.39, 0.29) is 0 Å². The Morgan fingerprint density at radius 3 is 2.88 bits per heavy atom. The predicted octanol–water partition coefficient (Wildman–Crippen LogP) is 3.81. The molecule has 0 fully saturated rings. The second kappa shape index (κ2) is 3.96. The zero-order valence-corrected chi connectivity index (χ0v) is 10.6. The lowest BCUT2D eigenvalue weighted by Gasteiger charge is -2.05. The molecular weight excluding hydrogens is 230 g/mol. The lowest BCUT2D eigenvalue weighted by atomic mass is 10.0. The van der Waals surface area contributed by atoms with Crippen LogP contribution in [0.2, 0.25) is 0 Å². The van der Waals surface area contributed by atoms with Crippen LogP contribution in [0.25, 0.3) is 22.2 Å². The molecule has 0 spiro atoms. The maximum absolute atomic E-state index is 4.32. The molecule has 3 heterocycles. The van der Waals surface area contributed by atoms with E-state index in [0.29, 0.717) is 5.92 Å². The summed E-state index contributed by atoms with van der Waals surface area (Å²) in [6.45, 7) is 4.33. The van der Waals surface area contributed by atoms with E-state index < -0.39 is 0 Å². The minimum absolute atomic E-state index is 0.418. The van der Waals surface area contributed by atoms with Gasteiger partial charge in [-0.05, 0) is 39.9 Å². The van der Waals surface area contributed by atoms with Crippen molar-refractivity contribution in [3.05, 3.63) is 34.8 Å². The Kier molecular flexibility index (Phi) is 2.44. The average Bonchev–Trinajstić information content (AvgIpc) is 2.97. The first-order valence-electron chi connectivity index (χ1n) is 5.63. The highest BCUT2D eigenvalue weighted by Crippen LogP contribution is 2.32. The summed E-state index contributed by atoms with van der Waals surface area (Å²) in [6, 6.07) is 4.20. The van der Waals surface area contributed by atoms with Gasteiger partial charge in [0.25, 0.3) is 0 Å². The van der Waals surface area contributed by atoms with Gasteiger partial charge in [0.05, 0.1) is 5.39 Å². The molecule has 86 valence electrons. The van der Waals surface area contributed by atoms with Crippen molar-refractivity contribution < 1.29 is 0 Å². The van der Waals surface area contributed by atoms with E-state index in [0.717, 1.165) is 16.7 Å². The van der Waals surface area contributed by atoms with E-state index in [1.165, 1.54) is 11.1 Å². The monoisotopic (exact) mass is 243 g/mol. The number of aromatic nitrogens is 3. The number of hydrogen-bond acceptors (Lipinski definition) is 3. The quantitative estimate of drug-likeness (QED) is 0.743. The van der Waals surface area contributed by atoms with Crippen molar-refractivity contribution in [3.8, 4) is 11.1 Å². The molecule has 0 radical (unpaired) electrons. The molecule has 0 aliphatic heterocycles. The Morgan fingerprint density at radius 2 is 2.18 bits per heavy atom. The number of nitrogens with zero attached hydrogens (tertiary/aromatic N) is 2. The second-order valence-electron chi connectivity index (χ2n) is 4.36. The van der Waals surface area contributed by atoms with E-state index >= 15 is 0 Å². The summed E-state index contributed by atoms with van der Waals surface area (Å²) in [5, 5.41) is 12.8. The van der Waals surface area contributed by atoms with Crippen LogP contribution in [0.4, 0.5) is 0 Å². The number of H-pyrrole nitrogens is 1. The molecule has 0 bridgehead atoms. The van der Waals surface area contributed by atoms with Crippen LogP contribution in [0.15, 0.2) is 29.1 Å². The van der Waals surface area contributed by atoms with Crippen LogP contribution in [0.1, 0.15) is 25.5 Å². The number of rotatable bonds is 2. The summed E-state index contributed by atoms with van der Waals surface area (Å²) in [5.74, 6) is 0.418. The number of aromatic amines is 1. The molecule has 3 aromatic heterocycles. The van der Waals surface area contributed by atoms with Crippen molar-refractivity contribution in [2.45, 2.75) is 19.8 Å². The van der Waals surface area contributed by atoms with Crippen LogP contribution >= 0.6 is 11.3 Å². The normalized spacial score (nSPS) is 11.5. The van der Waals surface area contributed by atoms with Gasteiger partial charge in [0.1, 0.15) is 0 Å². The first-order valence-corrected chi connectivity index (χ1v) is 6.57. The van der Waals surface area contributed by atoms with Crippen LogP contribution < -0.4 is 0 Å². The highest BCUT2D eigenvalue weighted by molar-refractivity contribution is 7.08. The predicted molar refractivity (Wildman–Crippen MR) is 71.3 cm³/mol. The number of hydrogen-bond donors (Lipinski definition) is 1. The molecule has 0 amide bonds. The topological polar surface area (TPSA) is 41.6 Å². The first kappa shape index (κ1) is 10.5. The molecule has 17 heavy (non-hydrogen) atoms. The van der Waals surface area contributed by atoms with Crippen LogP contribution in [0, 0.1) is 0 Å². The summed E-state index contributed by atoms with van der Waals surface area (Å²) < 4.78 is 0. The maximum Gasteiger partial charge on any atom is 0.181 e. The van der Waals surface area contributed by atoms with Crippen LogP contribution in [-0.4, -0.2) is 15.2 Å². The summed E-state index contributed by atoms with van der Waals surface area (Å²) >= 11 is 1.71. The van der Waals surface area contributed by atoms with Gasteiger partial charge in [-0.2, -0.15) is 16.4 Å². The van der Waals surface area contributed by atoms with Crippen molar-refractivity contribution >= 4 is 22.4 Å². The van der Waals surface area contributed by atoms with Gasteiger partial charge in [0.15, 0.2) is 5.65 Å². The van der Waals surface area contributed by atoms with Crippen molar-refractivity contribution in [2.75, 3.05) is 0 Å². The molecule has 0 unspecified atom stereocenters. The molecule has 3 nitrogen and oxygen atoms in total. The zero-order chi connectivity index (χ0) is 11.8. The zero-order valence-electron chi connectivity index (χ0n) is 9.77.